The Balaban J connectivity index is 1.59. The predicted molar refractivity (Wildman–Crippen MR) is 119 cm³/mol. The van der Waals surface area contributed by atoms with Gasteiger partial charge in [-0.3, -0.25) is 9.59 Å². The average molecular weight is 465 g/mol. The third-order valence-electron chi connectivity index (χ3n) is 5.18. The molecule has 0 aromatic heterocycles. The van der Waals surface area contributed by atoms with Gasteiger partial charge < -0.3 is 24.4 Å². The average Bonchev–Trinajstić information content (AvgIpc) is 2.75. The van der Waals surface area contributed by atoms with Gasteiger partial charge in [-0.1, -0.05) is 11.6 Å². The van der Waals surface area contributed by atoms with E-state index in [0.29, 0.717) is 59.5 Å². The van der Waals surface area contributed by atoms with E-state index in [2.05, 4.69) is 5.32 Å². The zero-order chi connectivity index (χ0) is 23.3. The van der Waals surface area contributed by atoms with E-state index in [1.54, 1.807) is 24.0 Å². The number of carbonyl (C=O) groups is 2. The van der Waals surface area contributed by atoms with Crippen LogP contribution in [0.5, 0.6) is 17.2 Å². The molecule has 1 N–H and O–H groups in total. The van der Waals surface area contributed by atoms with E-state index in [9.17, 15) is 14.0 Å². The van der Waals surface area contributed by atoms with Crippen molar-refractivity contribution in [1.29, 1.82) is 0 Å². The van der Waals surface area contributed by atoms with Crippen LogP contribution in [0.3, 0.4) is 0 Å². The van der Waals surface area contributed by atoms with Gasteiger partial charge in [-0.25, -0.2) is 4.39 Å². The van der Waals surface area contributed by atoms with Crippen LogP contribution in [0.1, 0.15) is 25.3 Å². The van der Waals surface area contributed by atoms with Gasteiger partial charge in [-0.2, -0.15) is 0 Å². The lowest BCUT2D eigenvalue weighted by Crippen LogP contribution is -2.43. The third-order valence-corrected chi connectivity index (χ3v) is 5.46. The quantitative estimate of drug-likeness (QED) is 0.664. The summed E-state index contributed by atoms with van der Waals surface area (Å²) >= 11 is 6.22. The summed E-state index contributed by atoms with van der Waals surface area (Å²) in [6.07, 6.45) is 1.28. The molecule has 0 saturated carbocycles. The molecule has 0 bridgehead atoms. The highest BCUT2D eigenvalue weighted by Crippen LogP contribution is 2.41. The van der Waals surface area contributed by atoms with Crippen LogP contribution in [-0.2, 0) is 9.59 Å². The molecule has 0 aliphatic carbocycles. The summed E-state index contributed by atoms with van der Waals surface area (Å²) in [7, 11) is 1.49. The number of nitrogens with one attached hydrogen (secondary N) is 1. The lowest BCUT2D eigenvalue weighted by molar-refractivity contribution is -0.135. The van der Waals surface area contributed by atoms with Gasteiger partial charge in [0.2, 0.25) is 5.91 Å². The van der Waals surface area contributed by atoms with Gasteiger partial charge in [0.25, 0.3) is 5.91 Å². The van der Waals surface area contributed by atoms with Crippen LogP contribution < -0.4 is 19.5 Å². The molecule has 0 atom stereocenters. The summed E-state index contributed by atoms with van der Waals surface area (Å²) < 4.78 is 30.0. The second-order valence-electron chi connectivity index (χ2n) is 7.52. The normalized spacial score (nSPS) is 14.1. The molecule has 32 heavy (non-hydrogen) atoms. The zero-order valence-electron chi connectivity index (χ0n) is 18.2. The number of likely N-dealkylation sites (tertiary alicyclic amines) is 1. The van der Waals surface area contributed by atoms with Crippen LogP contribution in [0, 0.1) is 12.7 Å². The van der Waals surface area contributed by atoms with Gasteiger partial charge in [0, 0.05) is 38.4 Å². The van der Waals surface area contributed by atoms with Crippen molar-refractivity contribution in [2.75, 3.05) is 32.1 Å². The number of piperidine rings is 1. The monoisotopic (exact) mass is 464 g/mol. The van der Waals surface area contributed by atoms with Crippen molar-refractivity contribution in [1.82, 2.24) is 4.90 Å². The number of rotatable bonds is 7. The Morgan fingerprint density at radius 2 is 1.84 bits per heavy atom. The summed E-state index contributed by atoms with van der Waals surface area (Å²) in [6, 6.07) is 7.43. The van der Waals surface area contributed by atoms with Crippen LogP contribution in [0.4, 0.5) is 10.1 Å². The van der Waals surface area contributed by atoms with E-state index >= 15 is 0 Å². The maximum Gasteiger partial charge on any atom is 0.260 e. The highest BCUT2D eigenvalue weighted by atomic mass is 35.5. The number of halogens is 2. The fraction of sp³-hybridized carbons (Fsp3) is 0.391. The first-order valence-electron chi connectivity index (χ1n) is 10.3. The molecule has 0 radical (unpaired) electrons. The SMILES string of the molecule is COc1c(Cl)cc(NC(C)=O)c(OCC(=O)N2CCC(Oc3ccc(F)cc3)CC2)c1C. The van der Waals surface area contributed by atoms with Gasteiger partial charge in [0.1, 0.15) is 29.2 Å². The van der Waals surface area contributed by atoms with Crippen molar-refractivity contribution in [3.63, 3.8) is 0 Å². The first kappa shape index (κ1) is 23.7. The standard InChI is InChI=1S/C23H26ClFN2O5/c1-14-22(30-3)19(24)12-20(26-15(2)28)23(14)31-13-21(29)27-10-8-18(9-11-27)32-17-6-4-16(25)5-7-17/h4-7,12,18H,8-11,13H2,1-3H3,(H,26,28). The highest BCUT2D eigenvalue weighted by molar-refractivity contribution is 6.32. The van der Waals surface area contributed by atoms with Crippen LogP contribution in [0.2, 0.25) is 5.02 Å². The summed E-state index contributed by atoms with van der Waals surface area (Å²) in [5.74, 6) is 0.591. The van der Waals surface area contributed by atoms with Gasteiger partial charge in [0.15, 0.2) is 6.61 Å². The van der Waals surface area contributed by atoms with Gasteiger partial charge in [-0.15, -0.1) is 0 Å². The van der Waals surface area contributed by atoms with Crippen molar-refractivity contribution in [2.24, 2.45) is 0 Å². The maximum atomic E-state index is 13.0. The molecule has 2 aromatic rings. The van der Waals surface area contributed by atoms with Crippen LogP contribution in [0.25, 0.3) is 0 Å². The fourth-order valence-corrected chi connectivity index (χ4v) is 3.94. The van der Waals surface area contributed by atoms with Crippen LogP contribution in [0.15, 0.2) is 30.3 Å². The zero-order valence-corrected chi connectivity index (χ0v) is 19.0. The largest absolute Gasteiger partial charge is 0.495 e. The molecule has 2 amide bonds. The number of amides is 2. The molecule has 3 rings (SSSR count). The minimum absolute atomic E-state index is 0.0421. The molecule has 7 nitrogen and oxygen atoms in total. The molecule has 1 heterocycles. The van der Waals surface area contributed by atoms with E-state index in [1.165, 1.54) is 32.2 Å². The van der Waals surface area contributed by atoms with Gasteiger partial charge in [0.05, 0.1) is 17.8 Å². The predicted octanol–water partition coefficient (Wildman–Crippen LogP) is 4.20. The van der Waals surface area contributed by atoms with E-state index in [1.807, 2.05) is 0 Å². The Morgan fingerprint density at radius 1 is 1.19 bits per heavy atom. The van der Waals surface area contributed by atoms with E-state index < -0.39 is 0 Å². The Bertz CT molecular complexity index is 975. The molecule has 1 aliphatic rings. The molecule has 2 aromatic carbocycles. The topological polar surface area (TPSA) is 77.1 Å². The smallest absolute Gasteiger partial charge is 0.260 e. The number of anilines is 1. The second kappa shape index (κ2) is 10.5. The van der Waals surface area contributed by atoms with Crippen molar-refractivity contribution in [3.05, 3.63) is 46.7 Å². The van der Waals surface area contributed by atoms with Crippen molar-refractivity contribution in [2.45, 2.75) is 32.8 Å². The molecule has 172 valence electrons. The first-order chi connectivity index (χ1) is 15.3. The second-order valence-corrected chi connectivity index (χ2v) is 7.92. The molecule has 9 heteroatoms. The number of nitrogens with zero attached hydrogens (tertiary/aromatic N) is 1. The number of methoxy groups -OCH3 is 1. The number of benzene rings is 2. The Hall–Kier alpha value is -3.00. The first-order valence-corrected chi connectivity index (χ1v) is 10.6. The number of ether oxygens (including phenoxy) is 3. The van der Waals surface area contributed by atoms with Crippen LogP contribution >= 0.6 is 11.6 Å². The van der Waals surface area contributed by atoms with E-state index in [-0.39, 0.29) is 30.3 Å². The molecule has 0 spiro atoms. The molecular weight excluding hydrogens is 439 g/mol. The number of carbonyl (C=O) groups excluding carboxylic acids is 2. The third kappa shape index (κ3) is 5.82. The minimum Gasteiger partial charge on any atom is -0.495 e. The number of hydrogen-bond acceptors (Lipinski definition) is 5. The van der Waals surface area contributed by atoms with Crippen molar-refractivity contribution >= 4 is 29.1 Å². The van der Waals surface area contributed by atoms with E-state index in [4.69, 9.17) is 25.8 Å². The Labute approximate surface area is 191 Å². The summed E-state index contributed by atoms with van der Waals surface area (Å²) in [4.78, 5) is 26.0. The summed E-state index contributed by atoms with van der Waals surface area (Å²) in [6.45, 7) is 3.97. The van der Waals surface area contributed by atoms with Crippen LogP contribution in [-0.4, -0.2) is 49.6 Å². The van der Waals surface area contributed by atoms with Gasteiger partial charge in [-0.05, 0) is 37.3 Å². The highest BCUT2D eigenvalue weighted by Gasteiger charge is 2.25. The maximum absolute atomic E-state index is 13.0. The molecule has 1 saturated heterocycles. The van der Waals surface area contributed by atoms with Crippen molar-refractivity contribution in [3.8, 4) is 17.2 Å². The minimum atomic E-state index is -0.312. The van der Waals surface area contributed by atoms with Gasteiger partial charge >= 0.3 is 0 Å². The number of hydrogen-bond donors (Lipinski definition) is 1. The molecular formula is C23H26ClFN2O5. The lowest BCUT2D eigenvalue weighted by Gasteiger charge is -2.32. The fourth-order valence-electron chi connectivity index (χ4n) is 3.62. The summed E-state index contributed by atoms with van der Waals surface area (Å²) in [5.41, 5.74) is 0.961. The summed E-state index contributed by atoms with van der Waals surface area (Å²) in [5, 5.41) is 3.00. The molecule has 0 unspecified atom stereocenters. The lowest BCUT2D eigenvalue weighted by atomic mass is 10.1. The Morgan fingerprint density at radius 3 is 2.44 bits per heavy atom. The molecule has 1 aliphatic heterocycles. The van der Waals surface area contributed by atoms with Crippen molar-refractivity contribution < 1.29 is 28.2 Å². The Kier molecular flexibility index (Phi) is 7.80. The molecule has 1 fully saturated rings. The van der Waals surface area contributed by atoms with E-state index in [0.717, 1.165) is 0 Å².